The summed E-state index contributed by atoms with van der Waals surface area (Å²) < 4.78 is 32.6. The van der Waals surface area contributed by atoms with Crippen molar-refractivity contribution >= 4 is 6.40 Å². The molecule has 0 radical (unpaired) electrons. The van der Waals surface area contributed by atoms with Crippen LogP contribution in [-0.4, -0.2) is 29.6 Å². The van der Waals surface area contributed by atoms with Crippen LogP contribution in [0.25, 0.3) is 11.1 Å². The molecule has 2 aliphatic heterocycles. The summed E-state index contributed by atoms with van der Waals surface area (Å²) in [5.41, 5.74) is 1.68. The zero-order chi connectivity index (χ0) is 21.6. The Bertz CT molecular complexity index is 1170. The Hall–Kier alpha value is -3.48. The summed E-state index contributed by atoms with van der Waals surface area (Å²) in [4.78, 5) is 12.7. The van der Waals surface area contributed by atoms with Crippen LogP contribution in [0.5, 0.6) is 17.2 Å². The van der Waals surface area contributed by atoms with Crippen molar-refractivity contribution in [2.24, 2.45) is 10.4 Å². The van der Waals surface area contributed by atoms with Gasteiger partial charge < -0.3 is 14.2 Å². The van der Waals surface area contributed by atoms with Crippen LogP contribution in [0.15, 0.2) is 54.0 Å². The van der Waals surface area contributed by atoms with Crippen LogP contribution >= 0.6 is 0 Å². The molecule has 158 valence electrons. The highest BCUT2D eigenvalue weighted by atomic mass is 19.1. The van der Waals surface area contributed by atoms with Gasteiger partial charge in [-0.05, 0) is 29.7 Å². The number of benzene rings is 2. The van der Waals surface area contributed by atoms with Gasteiger partial charge in [0.05, 0.1) is 6.61 Å². The predicted octanol–water partition coefficient (Wildman–Crippen LogP) is 5.12. The van der Waals surface area contributed by atoms with Gasteiger partial charge in [-0.25, -0.2) is 19.4 Å². The van der Waals surface area contributed by atoms with E-state index in [1.165, 1.54) is 18.8 Å². The number of rotatable bonds is 3. The van der Waals surface area contributed by atoms with Gasteiger partial charge >= 0.3 is 0 Å². The molecule has 2 aromatic carbocycles. The lowest BCUT2D eigenvalue weighted by molar-refractivity contribution is 0.197. The van der Waals surface area contributed by atoms with Crippen LogP contribution in [0, 0.1) is 11.2 Å². The first kappa shape index (κ1) is 19.5. The number of ether oxygens (including phenoxy) is 3. The second-order valence-corrected chi connectivity index (χ2v) is 8.97. The summed E-state index contributed by atoms with van der Waals surface area (Å²) in [6.45, 7) is 7.20. The Morgan fingerprint density at radius 2 is 1.84 bits per heavy atom. The maximum atomic E-state index is 15.0. The van der Waals surface area contributed by atoms with Crippen molar-refractivity contribution in [3.8, 4) is 28.4 Å². The second-order valence-electron chi connectivity index (χ2n) is 8.97. The van der Waals surface area contributed by atoms with Crippen molar-refractivity contribution < 1.29 is 18.6 Å². The highest BCUT2D eigenvalue weighted by Crippen LogP contribution is 2.52. The molecule has 2 aliphatic rings. The lowest BCUT2D eigenvalue weighted by Gasteiger charge is -2.34. The molecule has 0 amide bonds. The van der Waals surface area contributed by atoms with Gasteiger partial charge in [0.25, 0.3) is 0 Å². The topological polar surface area (TPSA) is 65.8 Å². The van der Waals surface area contributed by atoms with Gasteiger partial charge in [-0.3, -0.25) is 0 Å². The van der Waals surface area contributed by atoms with Crippen LogP contribution in [-0.2, 0) is 10.3 Å². The maximum absolute atomic E-state index is 15.0. The molecule has 0 N–H and O–H groups in total. The quantitative estimate of drug-likeness (QED) is 0.590. The van der Waals surface area contributed by atoms with E-state index in [9.17, 15) is 4.39 Å². The number of hydrogen-bond donors (Lipinski definition) is 0. The third-order valence-electron chi connectivity index (χ3n) is 5.31. The van der Waals surface area contributed by atoms with Gasteiger partial charge in [-0.1, -0.05) is 20.8 Å². The zero-order valence-corrected chi connectivity index (χ0v) is 17.6. The van der Waals surface area contributed by atoms with Crippen LogP contribution in [0.3, 0.4) is 0 Å². The van der Waals surface area contributed by atoms with E-state index in [2.05, 4.69) is 35.7 Å². The average Bonchev–Trinajstić information content (AvgIpc) is 3.23. The van der Waals surface area contributed by atoms with Crippen LogP contribution < -0.4 is 9.47 Å². The van der Waals surface area contributed by atoms with E-state index in [0.29, 0.717) is 29.2 Å². The van der Waals surface area contributed by atoms with E-state index in [0.717, 1.165) is 16.9 Å². The monoisotopic (exact) mass is 419 g/mol. The Morgan fingerprint density at radius 3 is 2.55 bits per heavy atom. The number of aromatic nitrogens is 2. The summed E-state index contributed by atoms with van der Waals surface area (Å²) in [6, 6.07) is 8.77. The highest BCUT2D eigenvalue weighted by molar-refractivity contribution is 5.71. The normalized spacial score (nSPS) is 18.8. The molecular weight excluding hydrogens is 397 g/mol. The van der Waals surface area contributed by atoms with E-state index in [4.69, 9.17) is 14.2 Å². The molecule has 0 unspecified atom stereocenters. The summed E-state index contributed by atoms with van der Waals surface area (Å²) in [6.07, 6.45) is 6.01. The van der Waals surface area contributed by atoms with Crippen LogP contribution in [0.4, 0.5) is 4.39 Å². The predicted molar refractivity (Wildman–Crippen MR) is 114 cm³/mol. The van der Waals surface area contributed by atoms with Crippen LogP contribution in [0.2, 0.25) is 0 Å². The summed E-state index contributed by atoms with van der Waals surface area (Å²) in [7, 11) is 0. The first-order valence-corrected chi connectivity index (χ1v) is 10.1. The van der Waals surface area contributed by atoms with Gasteiger partial charge in [0.15, 0.2) is 11.9 Å². The minimum absolute atomic E-state index is 0.0233. The number of halogens is 1. The number of nitrogens with zero attached hydrogens (tertiary/aromatic N) is 3. The summed E-state index contributed by atoms with van der Waals surface area (Å²) in [5.74, 6) is 1.33. The highest BCUT2D eigenvalue weighted by Gasteiger charge is 2.46. The molecule has 3 aromatic rings. The molecule has 0 fully saturated rings. The molecular formula is C24H22FN3O3. The van der Waals surface area contributed by atoms with E-state index >= 15 is 0 Å². The standard InChI is InChI=1S/C24H22FN3O3/c1-23(2,3)11-30-16-4-5-21-18(6-16)24(12-29-14-28-24)19-7-17(15-9-26-13-27-10-15)20(25)8-22(19)31-21/h4-10,13-14H,11-12H2,1-3H3/t24-/m1/s1. The molecule has 1 aromatic heterocycles. The Balaban J connectivity index is 1.63. The van der Waals surface area contributed by atoms with Crippen molar-refractivity contribution in [2.75, 3.05) is 13.2 Å². The second kappa shape index (κ2) is 7.04. The third-order valence-corrected chi connectivity index (χ3v) is 5.31. The van der Waals surface area contributed by atoms with Crippen LogP contribution in [0.1, 0.15) is 31.9 Å². The molecule has 5 rings (SSSR count). The zero-order valence-electron chi connectivity index (χ0n) is 17.6. The fraction of sp³-hybridized carbons (Fsp3) is 0.292. The molecule has 31 heavy (non-hydrogen) atoms. The van der Waals surface area contributed by atoms with Crippen molar-refractivity contribution in [3.63, 3.8) is 0 Å². The van der Waals surface area contributed by atoms with Crippen molar-refractivity contribution in [1.29, 1.82) is 0 Å². The number of aliphatic imine (C=N–C) groups is 1. The van der Waals surface area contributed by atoms with E-state index in [1.807, 2.05) is 18.2 Å². The van der Waals surface area contributed by atoms with E-state index < -0.39 is 11.4 Å². The van der Waals surface area contributed by atoms with E-state index in [-0.39, 0.29) is 12.0 Å². The molecule has 1 atom stereocenters. The van der Waals surface area contributed by atoms with Crippen molar-refractivity contribution in [1.82, 2.24) is 9.97 Å². The SMILES string of the molecule is CC(C)(C)COc1ccc2c(c1)[C@]1(COC=N1)c1cc(-c3cncnc3)c(F)cc1O2. The first-order chi connectivity index (χ1) is 14.9. The molecule has 0 saturated heterocycles. The van der Waals surface area contributed by atoms with Gasteiger partial charge in [0.1, 0.15) is 36.0 Å². The minimum Gasteiger partial charge on any atom is -0.493 e. The van der Waals surface area contributed by atoms with Gasteiger partial charge in [0, 0.05) is 40.7 Å². The summed E-state index contributed by atoms with van der Waals surface area (Å²) in [5, 5.41) is 0. The van der Waals surface area contributed by atoms with Gasteiger partial charge in [-0.2, -0.15) is 0 Å². The number of fused-ring (bicyclic) bond motifs is 4. The molecule has 7 heteroatoms. The average molecular weight is 419 g/mol. The maximum Gasteiger partial charge on any atom is 0.170 e. The summed E-state index contributed by atoms with van der Waals surface area (Å²) >= 11 is 0. The lowest BCUT2D eigenvalue weighted by atomic mass is 9.80. The largest absolute Gasteiger partial charge is 0.493 e. The third kappa shape index (κ3) is 3.40. The Morgan fingerprint density at radius 1 is 1.06 bits per heavy atom. The lowest BCUT2D eigenvalue weighted by Crippen LogP contribution is -2.31. The molecule has 0 aliphatic carbocycles. The van der Waals surface area contributed by atoms with Gasteiger partial charge in [-0.15, -0.1) is 0 Å². The molecule has 6 nitrogen and oxygen atoms in total. The van der Waals surface area contributed by atoms with Gasteiger partial charge in [0.2, 0.25) is 0 Å². The van der Waals surface area contributed by atoms with E-state index in [1.54, 1.807) is 18.5 Å². The molecule has 0 bridgehead atoms. The van der Waals surface area contributed by atoms with Crippen molar-refractivity contribution in [2.45, 2.75) is 26.3 Å². The Kier molecular flexibility index (Phi) is 4.43. The molecule has 3 heterocycles. The minimum atomic E-state index is -0.845. The smallest absolute Gasteiger partial charge is 0.170 e. The fourth-order valence-corrected chi connectivity index (χ4v) is 3.81. The van der Waals surface area contributed by atoms with Crippen molar-refractivity contribution in [3.05, 3.63) is 66.0 Å². The Labute approximate surface area is 179 Å². The first-order valence-electron chi connectivity index (χ1n) is 10.1. The number of hydrogen-bond acceptors (Lipinski definition) is 6. The molecule has 1 spiro atoms. The fourth-order valence-electron chi connectivity index (χ4n) is 3.81. The molecule has 0 saturated carbocycles.